The molecule has 2 aromatic rings. The molecule has 2 atom stereocenters. The zero-order chi connectivity index (χ0) is 25.8. The van der Waals surface area contributed by atoms with Gasteiger partial charge in [-0.1, -0.05) is 122 Å². The average molecular weight is 499 g/mol. The second kappa shape index (κ2) is 19.2. The van der Waals surface area contributed by atoms with Crippen LogP contribution in [-0.4, -0.2) is 22.7 Å². The third kappa shape index (κ3) is 13.4. The van der Waals surface area contributed by atoms with Crippen LogP contribution >= 0.6 is 0 Å². The van der Waals surface area contributed by atoms with Crippen LogP contribution in [0.2, 0.25) is 0 Å². The minimum atomic E-state index is -0.798. The molecule has 0 bridgehead atoms. The molecule has 0 N–H and O–H groups in total. The molecule has 0 aliphatic carbocycles. The maximum atomic E-state index is 14.1. The number of aryl methyl sites for hydroxylation is 1. The monoisotopic (exact) mass is 498 g/mol. The largest absolute Gasteiger partial charge is 0.490 e. The van der Waals surface area contributed by atoms with E-state index in [9.17, 15) is 4.39 Å². The molecule has 0 amide bonds. The maximum Gasteiger partial charge on any atom is 0.159 e. The van der Waals surface area contributed by atoms with Crippen molar-refractivity contribution in [3.05, 3.63) is 42.2 Å². The number of hydrogen-bond donors (Lipinski definition) is 0. The molecule has 4 heteroatoms. The van der Waals surface area contributed by atoms with Gasteiger partial charge >= 0.3 is 0 Å². The molecule has 1 heterocycles. The van der Waals surface area contributed by atoms with Crippen molar-refractivity contribution in [3.63, 3.8) is 0 Å². The number of halogens is 1. The Bertz CT molecular complexity index is 778. The molecule has 0 saturated heterocycles. The van der Waals surface area contributed by atoms with Gasteiger partial charge in [0, 0.05) is 12.0 Å². The normalized spacial score (nSPS) is 13.0. The van der Waals surface area contributed by atoms with E-state index >= 15 is 0 Å². The van der Waals surface area contributed by atoms with Gasteiger partial charge in [0.2, 0.25) is 0 Å². The highest BCUT2D eigenvalue weighted by Crippen LogP contribution is 2.20. The first kappa shape index (κ1) is 30.3. The van der Waals surface area contributed by atoms with E-state index < -0.39 is 6.17 Å². The number of aromatic nitrogens is 2. The lowest BCUT2D eigenvalue weighted by Gasteiger charge is -2.12. The Kier molecular flexibility index (Phi) is 16.1. The van der Waals surface area contributed by atoms with Crippen molar-refractivity contribution in [2.24, 2.45) is 5.92 Å². The molecule has 36 heavy (non-hydrogen) atoms. The fraction of sp³-hybridized carbons (Fsp3) is 0.688. The summed E-state index contributed by atoms with van der Waals surface area (Å²) in [6.45, 7) is 7.10. The second-order valence-corrected chi connectivity index (χ2v) is 10.6. The molecule has 0 fully saturated rings. The van der Waals surface area contributed by atoms with Crippen molar-refractivity contribution in [2.75, 3.05) is 6.61 Å². The molecule has 3 nitrogen and oxygen atoms in total. The Morgan fingerprint density at radius 1 is 0.722 bits per heavy atom. The maximum absolute atomic E-state index is 14.1. The fourth-order valence-corrected chi connectivity index (χ4v) is 4.77. The van der Waals surface area contributed by atoms with Gasteiger partial charge in [-0.15, -0.1) is 0 Å². The number of ether oxygens (including phenoxy) is 1. The highest BCUT2D eigenvalue weighted by molar-refractivity contribution is 5.55. The van der Waals surface area contributed by atoms with Gasteiger partial charge in [0.05, 0.1) is 19.0 Å². The van der Waals surface area contributed by atoms with E-state index in [2.05, 4.69) is 55.0 Å². The van der Waals surface area contributed by atoms with Crippen molar-refractivity contribution in [1.29, 1.82) is 0 Å². The predicted octanol–water partition coefficient (Wildman–Crippen LogP) is 9.93. The van der Waals surface area contributed by atoms with Gasteiger partial charge in [-0.2, -0.15) is 0 Å². The lowest BCUT2D eigenvalue weighted by molar-refractivity contribution is 0.219. The van der Waals surface area contributed by atoms with Crippen molar-refractivity contribution in [3.8, 4) is 17.1 Å². The number of rotatable bonds is 21. The van der Waals surface area contributed by atoms with Crippen LogP contribution < -0.4 is 4.74 Å². The SMILES string of the molecule is CCCCCCCCCCCc1ccc(-c2ncc(OCCC(F)CCCC(C)CCC)cn2)cc1. The summed E-state index contributed by atoms with van der Waals surface area (Å²) in [7, 11) is 0. The van der Waals surface area contributed by atoms with E-state index in [1.807, 2.05) is 0 Å². The fourth-order valence-electron chi connectivity index (χ4n) is 4.77. The second-order valence-electron chi connectivity index (χ2n) is 10.6. The van der Waals surface area contributed by atoms with Crippen molar-refractivity contribution in [2.45, 2.75) is 130 Å². The van der Waals surface area contributed by atoms with E-state index in [0.29, 0.717) is 36.9 Å². The Hall–Kier alpha value is -1.97. The summed E-state index contributed by atoms with van der Waals surface area (Å²) in [4.78, 5) is 8.91. The van der Waals surface area contributed by atoms with Crippen LogP contribution in [0.4, 0.5) is 4.39 Å². The van der Waals surface area contributed by atoms with Gasteiger partial charge in [0.15, 0.2) is 11.6 Å². The first-order chi connectivity index (χ1) is 17.6. The Morgan fingerprint density at radius 3 is 2.00 bits per heavy atom. The molecule has 1 aromatic heterocycles. The smallest absolute Gasteiger partial charge is 0.159 e. The van der Waals surface area contributed by atoms with E-state index in [1.165, 1.54) is 76.2 Å². The summed E-state index contributed by atoms with van der Waals surface area (Å²) in [5.41, 5.74) is 2.39. The summed E-state index contributed by atoms with van der Waals surface area (Å²) in [6, 6.07) is 8.60. The molecule has 0 saturated carbocycles. The highest BCUT2D eigenvalue weighted by atomic mass is 19.1. The van der Waals surface area contributed by atoms with Gasteiger partial charge in [-0.05, 0) is 30.7 Å². The van der Waals surface area contributed by atoms with Crippen LogP contribution in [-0.2, 0) is 6.42 Å². The summed E-state index contributed by atoms with van der Waals surface area (Å²) in [5, 5.41) is 0. The van der Waals surface area contributed by atoms with E-state index in [4.69, 9.17) is 4.74 Å². The molecule has 202 valence electrons. The molecule has 0 radical (unpaired) electrons. The van der Waals surface area contributed by atoms with E-state index in [-0.39, 0.29) is 0 Å². The minimum absolute atomic E-state index is 0.363. The van der Waals surface area contributed by atoms with Crippen LogP contribution in [0.5, 0.6) is 5.75 Å². The number of unbranched alkanes of at least 4 members (excludes halogenated alkanes) is 8. The van der Waals surface area contributed by atoms with Gasteiger partial charge in [-0.25, -0.2) is 14.4 Å². The molecule has 0 aliphatic heterocycles. The minimum Gasteiger partial charge on any atom is -0.490 e. The topological polar surface area (TPSA) is 35.0 Å². The zero-order valence-electron chi connectivity index (χ0n) is 23.3. The Balaban J connectivity index is 1.61. The van der Waals surface area contributed by atoms with Crippen molar-refractivity contribution in [1.82, 2.24) is 9.97 Å². The molecule has 1 aromatic carbocycles. The van der Waals surface area contributed by atoms with Crippen molar-refractivity contribution >= 4 is 0 Å². The third-order valence-corrected chi connectivity index (χ3v) is 7.10. The van der Waals surface area contributed by atoms with Gasteiger partial charge in [0.1, 0.15) is 6.17 Å². The van der Waals surface area contributed by atoms with Gasteiger partial charge in [-0.3, -0.25) is 0 Å². The highest BCUT2D eigenvalue weighted by Gasteiger charge is 2.09. The Labute approximate surface area is 220 Å². The molecular weight excluding hydrogens is 447 g/mol. The van der Waals surface area contributed by atoms with Crippen LogP contribution in [0.25, 0.3) is 11.4 Å². The molecule has 2 rings (SSSR count). The standard InChI is InChI=1S/C32H51FN2O/c1-4-6-7-8-9-10-11-12-13-17-28-19-21-29(22-20-28)32-34-25-31(26-35-32)36-24-23-30(33)18-14-16-27(3)15-5-2/h19-22,25-27,30H,4-18,23-24H2,1-3H3. The van der Waals surface area contributed by atoms with Crippen LogP contribution in [0.1, 0.15) is 123 Å². The third-order valence-electron chi connectivity index (χ3n) is 7.10. The molecule has 2 unspecified atom stereocenters. The van der Waals surface area contributed by atoms with Crippen molar-refractivity contribution < 1.29 is 9.13 Å². The molecule has 0 aliphatic rings. The van der Waals surface area contributed by atoms with E-state index in [1.54, 1.807) is 12.4 Å². The quantitative estimate of drug-likeness (QED) is 0.161. The first-order valence-electron chi connectivity index (χ1n) is 14.8. The molecular formula is C32H51FN2O. The lowest BCUT2D eigenvalue weighted by atomic mass is 9.98. The Morgan fingerprint density at radius 2 is 1.36 bits per heavy atom. The molecule has 0 spiro atoms. The lowest BCUT2D eigenvalue weighted by Crippen LogP contribution is -2.08. The summed E-state index contributed by atoms with van der Waals surface area (Å²) >= 11 is 0. The predicted molar refractivity (Wildman–Crippen MR) is 151 cm³/mol. The zero-order valence-corrected chi connectivity index (χ0v) is 23.3. The number of alkyl halides is 1. The number of hydrogen-bond acceptors (Lipinski definition) is 3. The summed E-state index contributed by atoms with van der Waals surface area (Å²) in [5.74, 6) is 2.00. The van der Waals surface area contributed by atoms with Gasteiger partial charge < -0.3 is 4.74 Å². The van der Waals surface area contributed by atoms with Crippen LogP contribution in [0, 0.1) is 5.92 Å². The summed E-state index contributed by atoms with van der Waals surface area (Å²) < 4.78 is 19.8. The average Bonchev–Trinajstić information content (AvgIpc) is 2.89. The van der Waals surface area contributed by atoms with Crippen LogP contribution in [0.15, 0.2) is 36.7 Å². The van der Waals surface area contributed by atoms with Crippen LogP contribution in [0.3, 0.4) is 0 Å². The first-order valence-corrected chi connectivity index (χ1v) is 14.8. The van der Waals surface area contributed by atoms with Gasteiger partial charge in [0.25, 0.3) is 0 Å². The number of benzene rings is 1. The summed E-state index contributed by atoms with van der Waals surface area (Å²) in [6.07, 6.45) is 21.5. The number of nitrogens with zero attached hydrogens (tertiary/aromatic N) is 2. The van der Waals surface area contributed by atoms with E-state index in [0.717, 1.165) is 24.8 Å².